The van der Waals surface area contributed by atoms with Crippen LogP contribution in [0.1, 0.15) is 19.8 Å². The van der Waals surface area contributed by atoms with Gasteiger partial charge in [-0.25, -0.2) is 0 Å². The third-order valence-corrected chi connectivity index (χ3v) is 6.85. The van der Waals surface area contributed by atoms with Crippen molar-refractivity contribution in [1.82, 2.24) is 14.3 Å². The van der Waals surface area contributed by atoms with E-state index in [4.69, 9.17) is 26.8 Å². The first-order valence-electron chi connectivity index (χ1n) is 10.5. The van der Waals surface area contributed by atoms with Crippen LogP contribution in [-0.2, 0) is 16.2 Å². The molecule has 1 saturated heterocycles. The van der Waals surface area contributed by atoms with Gasteiger partial charge in [0.2, 0.25) is 4.77 Å². The van der Waals surface area contributed by atoms with Crippen LogP contribution in [0.2, 0.25) is 0 Å². The summed E-state index contributed by atoms with van der Waals surface area (Å²) in [7, 11) is 1.66. The summed E-state index contributed by atoms with van der Waals surface area (Å²) in [4.78, 5) is 14.4. The van der Waals surface area contributed by atoms with Crippen molar-refractivity contribution in [2.45, 2.75) is 26.4 Å². The Labute approximate surface area is 190 Å². The Balaban J connectivity index is 1.62. The maximum atomic E-state index is 12.0. The van der Waals surface area contributed by atoms with E-state index in [2.05, 4.69) is 6.07 Å². The number of thiophene rings is 1. The number of carbonyl (C=O) groups is 1. The summed E-state index contributed by atoms with van der Waals surface area (Å²) in [5, 5.41) is 6.94. The van der Waals surface area contributed by atoms with E-state index in [1.54, 1.807) is 18.4 Å². The summed E-state index contributed by atoms with van der Waals surface area (Å²) >= 11 is 7.50. The number of carbonyl (C=O) groups excluding carboxylic acids is 1. The molecule has 0 amide bonds. The number of esters is 1. The molecule has 0 bridgehead atoms. The maximum absolute atomic E-state index is 12.0. The van der Waals surface area contributed by atoms with Crippen molar-refractivity contribution in [2.24, 2.45) is 5.92 Å². The number of quaternary nitrogens is 1. The Morgan fingerprint density at radius 2 is 2.03 bits per heavy atom. The molecule has 1 N–H and O–H groups in total. The lowest BCUT2D eigenvalue weighted by Gasteiger charge is -2.27. The Bertz CT molecular complexity index is 1080. The lowest BCUT2D eigenvalue weighted by atomic mass is 9.97. The van der Waals surface area contributed by atoms with Crippen LogP contribution in [0, 0.1) is 10.7 Å². The average molecular weight is 460 g/mol. The van der Waals surface area contributed by atoms with Gasteiger partial charge in [-0.1, -0.05) is 18.2 Å². The summed E-state index contributed by atoms with van der Waals surface area (Å²) in [6, 6.07) is 11.9. The van der Waals surface area contributed by atoms with Crippen molar-refractivity contribution < 1.29 is 19.2 Å². The van der Waals surface area contributed by atoms with Gasteiger partial charge in [0.05, 0.1) is 43.3 Å². The van der Waals surface area contributed by atoms with Crippen molar-refractivity contribution in [2.75, 3.05) is 26.8 Å². The molecule has 0 saturated carbocycles. The van der Waals surface area contributed by atoms with Crippen LogP contribution in [0.4, 0.5) is 0 Å². The van der Waals surface area contributed by atoms with Gasteiger partial charge in [-0.15, -0.1) is 16.4 Å². The third kappa shape index (κ3) is 4.58. The highest BCUT2D eigenvalue weighted by Gasteiger charge is 2.29. The molecule has 31 heavy (non-hydrogen) atoms. The van der Waals surface area contributed by atoms with E-state index in [9.17, 15) is 4.79 Å². The minimum atomic E-state index is -0.0707. The number of likely N-dealkylation sites (tertiary alicyclic amines) is 1. The van der Waals surface area contributed by atoms with Gasteiger partial charge >= 0.3 is 5.97 Å². The second-order valence-electron chi connectivity index (χ2n) is 7.52. The van der Waals surface area contributed by atoms with Crippen molar-refractivity contribution in [3.8, 4) is 22.1 Å². The second kappa shape index (κ2) is 9.76. The number of hydrogen-bond acceptors (Lipinski definition) is 6. The van der Waals surface area contributed by atoms with Gasteiger partial charge in [-0.3, -0.25) is 9.36 Å². The van der Waals surface area contributed by atoms with Crippen LogP contribution in [0.5, 0.6) is 5.75 Å². The summed E-state index contributed by atoms with van der Waals surface area (Å²) < 4.78 is 15.3. The molecule has 0 atom stereocenters. The fourth-order valence-corrected chi connectivity index (χ4v) is 4.99. The van der Waals surface area contributed by atoms with Gasteiger partial charge in [0.1, 0.15) is 5.75 Å². The zero-order valence-corrected chi connectivity index (χ0v) is 19.4. The summed E-state index contributed by atoms with van der Waals surface area (Å²) in [5.41, 5.74) is 0.876. The van der Waals surface area contributed by atoms with Crippen molar-refractivity contribution >= 4 is 29.5 Å². The van der Waals surface area contributed by atoms with Crippen LogP contribution in [0.25, 0.3) is 16.4 Å². The smallest absolute Gasteiger partial charge is 0.309 e. The topological polar surface area (TPSA) is 62.7 Å². The quantitative estimate of drug-likeness (QED) is 0.435. The fraction of sp³-hybridized carbons (Fsp3) is 0.409. The maximum Gasteiger partial charge on any atom is 0.309 e. The number of nitrogens with one attached hydrogen (secondary N) is 1. The van der Waals surface area contributed by atoms with Crippen molar-refractivity contribution in [3.63, 3.8) is 0 Å². The molecule has 0 spiro atoms. The predicted molar refractivity (Wildman–Crippen MR) is 122 cm³/mol. The van der Waals surface area contributed by atoms with Crippen LogP contribution < -0.4 is 9.64 Å². The zero-order chi connectivity index (χ0) is 21.8. The number of benzene rings is 1. The monoisotopic (exact) mass is 459 g/mol. The average Bonchev–Trinajstić information content (AvgIpc) is 3.43. The van der Waals surface area contributed by atoms with Crippen LogP contribution >= 0.6 is 23.6 Å². The van der Waals surface area contributed by atoms with Gasteiger partial charge in [0.15, 0.2) is 12.5 Å². The first-order chi connectivity index (χ1) is 15.1. The van der Waals surface area contributed by atoms with Crippen molar-refractivity contribution in [3.05, 3.63) is 46.5 Å². The number of piperidine rings is 1. The molecular formula is C22H27N4O3S2+. The molecule has 7 nitrogen and oxygen atoms in total. The van der Waals surface area contributed by atoms with Gasteiger partial charge in [-0.05, 0) is 42.7 Å². The van der Waals surface area contributed by atoms with Crippen LogP contribution in [0.15, 0.2) is 41.8 Å². The minimum absolute atomic E-state index is 0.00416. The Morgan fingerprint density at radius 1 is 1.26 bits per heavy atom. The molecule has 164 valence electrons. The van der Waals surface area contributed by atoms with Gasteiger partial charge in [-0.2, -0.15) is 4.68 Å². The lowest BCUT2D eigenvalue weighted by Crippen LogP contribution is -3.12. The van der Waals surface area contributed by atoms with E-state index in [0.717, 1.165) is 48.1 Å². The number of ether oxygens (including phenoxy) is 2. The highest BCUT2D eigenvalue weighted by Crippen LogP contribution is 2.30. The first-order valence-corrected chi connectivity index (χ1v) is 11.8. The SMILES string of the molecule is CCOC(=O)C1CC[NH+](Cn2nc(-c3cccs3)n(-c3ccccc3OC)c2=S)CC1. The largest absolute Gasteiger partial charge is 0.495 e. The standard InChI is InChI=1S/C22H26N4O3S2/c1-3-29-21(27)16-10-12-24(13-11-16)15-25-22(30)26(17-7-4-5-8-18(17)28-2)20(23-25)19-9-6-14-31-19/h4-9,14,16H,3,10-13,15H2,1-2H3/p+1. The summed E-state index contributed by atoms with van der Waals surface area (Å²) in [6.45, 7) is 4.73. The number of rotatable bonds is 7. The van der Waals surface area contributed by atoms with E-state index in [0.29, 0.717) is 18.0 Å². The highest BCUT2D eigenvalue weighted by atomic mass is 32.1. The molecule has 1 aliphatic heterocycles. The molecule has 9 heteroatoms. The molecule has 3 heterocycles. The van der Waals surface area contributed by atoms with Crippen LogP contribution in [0.3, 0.4) is 0 Å². The minimum Gasteiger partial charge on any atom is -0.495 e. The lowest BCUT2D eigenvalue weighted by molar-refractivity contribution is -0.929. The molecule has 4 rings (SSSR count). The molecule has 3 aromatic rings. The van der Waals surface area contributed by atoms with Gasteiger partial charge in [0, 0.05) is 12.8 Å². The number of methoxy groups -OCH3 is 1. The van der Waals surface area contributed by atoms with Crippen molar-refractivity contribution in [1.29, 1.82) is 0 Å². The van der Waals surface area contributed by atoms with E-state index in [-0.39, 0.29) is 11.9 Å². The highest BCUT2D eigenvalue weighted by molar-refractivity contribution is 7.71. The Hall–Kier alpha value is -2.49. The van der Waals surface area contributed by atoms with E-state index < -0.39 is 0 Å². The molecule has 1 aromatic carbocycles. The Kier molecular flexibility index (Phi) is 6.84. The third-order valence-electron chi connectivity index (χ3n) is 5.59. The first kappa shape index (κ1) is 21.7. The van der Waals surface area contributed by atoms with E-state index in [1.807, 2.05) is 51.9 Å². The number of nitrogens with zero attached hydrogens (tertiary/aromatic N) is 3. The molecule has 1 fully saturated rings. The molecule has 2 aromatic heterocycles. The van der Waals surface area contributed by atoms with E-state index >= 15 is 0 Å². The van der Waals surface area contributed by atoms with E-state index in [1.165, 1.54) is 4.90 Å². The molecule has 0 unspecified atom stereocenters. The molecule has 0 radical (unpaired) electrons. The zero-order valence-electron chi connectivity index (χ0n) is 17.7. The number of hydrogen-bond donors (Lipinski definition) is 1. The fourth-order valence-electron chi connectivity index (χ4n) is 4.00. The van der Waals surface area contributed by atoms with Crippen LogP contribution in [-0.4, -0.2) is 47.1 Å². The molecule has 1 aliphatic rings. The number of aromatic nitrogens is 3. The van der Waals surface area contributed by atoms with Gasteiger partial charge < -0.3 is 14.4 Å². The summed E-state index contributed by atoms with van der Waals surface area (Å²) in [6.07, 6.45) is 1.65. The second-order valence-corrected chi connectivity index (χ2v) is 8.84. The molecular weight excluding hydrogens is 432 g/mol. The summed E-state index contributed by atoms with van der Waals surface area (Å²) in [5.74, 6) is 1.49. The Morgan fingerprint density at radius 3 is 2.71 bits per heavy atom. The van der Waals surface area contributed by atoms with Gasteiger partial charge in [0.25, 0.3) is 0 Å². The number of para-hydroxylation sites is 2. The molecule has 0 aliphatic carbocycles. The normalized spacial score (nSPS) is 18.6. The predicted octanol–water partition coefficient (Wildman–Crippen LogP) is 2.96.